The van der Waals surface area contributed by atoms with E-state index in [2.05, 4.69) is 25.3 Å². The number of aromatic nitrogens is 4. The standard InChI is InChI=1S/C16H20N6O3/c23-9-14-18-5-2-13(21-14)17-4-1-11-3-6-22(8-11)16(25)12-7-15(24)20-10-19-12/h2,5,7,10-11,23H,1,3-4,6,8-9H2,(H,17,18,21)(H,19,20,24). The van der Waals surface area contributed by atoms with Gasteiger partial charge in [-0.2, -0.15) is 0 Å². The first-order valence-electron chi connectivity index (χ1n) is 8.16. The van der Waals surface area contributed by atoms with Gasteiger partial charge in [0, 0.05) is 31.9 Å². The number of carbonyl (C=O) groups is 1. The van der Waals surface area contributed by atoms with Crippen molar-refractivity contribution in [1.29, 1.82) is 0 Å². The molecule has 0 aliphatic carbocycles. The topological polar surface area (TPSA) is 124 Å². The lowest BCUT2D eigenvalue weighted by Gasteiger charge is -2.16. The normalized spacial score (nSPS) is 16.8. The molecule has 0 radical (unpaired) electrons. The smallest absolute Gasteiger partial charge is 0.272 e. The van der Waals surface area contributed by atoms with Crippen LogP contribution in [0.5, 0.6) is 0 Å². The molecule has 0 aromatic carbocycles. The van der Waals surface area contributed by atoms with Gasteiger partial charge in [0.1, 0.15) is 18.1 Å². The molecule has 3 N–H and O–H groups in total. The third-order valence-electron chi connectivity index (χ3n) is 4.18. The summed E-state index contributed by atoms with van der Waals surface area (Å²) in [5.74, 6) is 1.24. The Hall–Kier alpha value is -2.81. The number of hydrogen-bond acceptors (Lipinski definition) is 7. The number of aromatic amines is 1. The molecule has 2 aromatic rings. The average Bonchev–Trinajstić information content (AvgIpc) is 3.10. The first-order chi connectivity index (χ1) is 12.2. The highest BCUT2D eigenvalue weighted by atomic mass is 16.3. The maximum absolute atomic E-state index is 12.4. The van der Waals surface area contributed by atoms with Gasteiger partial charge in [0.25, 0.3) is 11.5 Å². The van der Waals surface area contributed by atoms with Crippen LogP contribution in [0.4, 0.5) is 5.82 Å². The van der Waals surface area contributed by atoms with Crippen molar-refractivity contribution in [1.82, 2.24) is 24.8 Å². The molecule has 25 heavy (non-hydrogen) atoms. The average molecular weight is 344 g/mol. The summed E-state index contributed by atoms with van der Waals surface area (Å²) in [6.07, 6.45) is 4.66. The van der Waals surface area contributed by atoms with Crippen molar-refractivity contribution in [2.75, 3.05) is 25.0 Å². The van der Waals surface area contributed by atoms with Gasteiger partial charge >= 0.3 is 0 Å². The summed E-state index contributed by atoms with van der Waals surface area (Å²) >= 11 is 0. The Morgan fingerprint density at radius 3 is 3.12 bits per heavy atom. The highest BCUT2D eigenvalue weighted by Crippen LogP contribution is 2.21. The molecular weight excluding hydrogens is 324 g/mol. The van der Waals surface area contributed by atoms with E-state index < -0.39 is 0 Å². The lowest BCUT2D eigenvalue weighted by atomic mass is 10.1. The van der Waals surface area contributed by atoms with E-state index in [4.69, 9.17) is 5.11 Å². The van der Waals surface area contributed by atoms with Crippen molar-refractivity contribution in [2.24, 2.45) is 5.92 Å². The molecule has 2 aromatic heterocycles. The zero-order chi connectivity index (χ0) is 17.6. The zero-order valence-electron chi connectivity index (χ0n) is 13.7. The third kappa shape index (κ3) is 4.38. The van der Waals surface area contributed by atoms with Gasteiger partial charge in [0.2, 0.25) is 0 Å². The van der Waals surface area contributed by atoms with Crippen LogP contribution in [0.25, 0.3) is 0 Å². The number of nitrogens with zero attached hydrogens (tertiary/aromatic N) is 4. The van der Waals surface area contributed by atoms with Gasteiger partial charge in [0.05, 0.1) is 6.33 Å². The fourth-order valence-corrected chi connectivity index (χ4v) is 2.88. The Morgan fingerprint density at radius 2 is 2.32 bits per heavy atom. The largest absolute Gasteiger partial charge is 0.388 e. The molecule has 1 unspecified atom stereocenters. The quantitative estimate of drug-likeness (QED) is 0.674. The molecule has 0 saturated carbocycles. The number of aliphatic hydroxyl groups excluding tert-OH is 1. The van der Waals surface area contributed by atoms with Crippen molar-refractivity contribution < 1.29 is 9.90 Å². The van der Waals surface area contributed by atoms with Crippen LogP contribution < -0.4 is 10.9 Å². The number of amides is 1. The molecule has 3 rings (SSSR count). The van der Waals surface area contributed by atoms with Crippen LogP contribution in [0.1, 0.15) is 29.2 Å². The summed E-state index contributed by atoms with van der Waals surface area (Å²) in [4.78, 5) is 39.8. The molecule has 1 saturated heterocycles. The van der Waals surface area contributed by atoms with Crippen molar-refractivity contribution in [2.45, 2.75) is 19.4 Å². The Kier molecular flexibility index (Phi) is 5.34. The van der Waals surface area contributed by atoms with E-state index >= 15 is 0 Å². The fourth-order valence-electron chi connectivity index (χ4n) is 2.88. The van der Waals surface area contributed by atoms with E-state index in [-0.39, 0.29) is 23.8 Å². The van der Waals surface area contributed by atoms with E-state index in [1.807, 2.05) is 0 Å². The predicted molar refractivity (Wildman–Crippen MR) is 89.9 cm³/mol. The third-order valence-corrected chi connectivity index (χ3v) is 4.18. The number of anilines is 1. The van der Waals surface area contributed by atoms with E-state index in [0.29, 0.717) is 30.6 Å². The molecule has 0 spiro atoms. The number of rotatable bonds is 6. The first kappa shape index (κ1) is 17.0. The van der Waals surface area contributed by atoms with Crippen molar-refractivity contribution in [3.05, 3.63) is 46.5 Å². The highest BCUT2D eigenvalue weighted by molar-refractivity contribution is 5.92. The van der Waals surface area contributed by atoms with Gasteiger partial charge in [-0.05, 0) is 24.8 Å². The molecule has 0 bridgehead atoms. The molecule has 132 valence electrons. The van der Waals surface area contributed by atoms with Gasteiger partial charge in [0.15, 0.2) is 5.82 Å². The Balaban J connectivity index is 1.48. The van der Waals surface area contributed by atoms with Crippen LogP contribution in [0.2, 0.25) is 0 Å². The number of likely N-dealkylation sites (tertiary alicyclic amines) is 1. The molecule has 1 fully saturated rings. The SMILES string of the molecule is O=C(c1cc(=O)[nH]cn1)N1CCC(CCNc2ccnc(CO)n2)C1. The first-order valence-corrected chi connectivity index (χ1v) is 8.16. The molecule has 1 aliphatic rings. The molecule has 9 nitrogen and oxygen atoms in total. The van der Waals surface area contributed by atoms with Crippen LogP contribution in [0.3, 0.4) is 0 Å². The second kappa shape index (κ2) is 7.84. The molecule has 1 amide bonds. The maximum atomic E-state index is 12.4. The van der Waals surface area contributed by atoms with Gasteiger partial charge in [-0.1, -0.05) is 0 Å². The van der Waals surface area contributed by atoms with E-state index in [0.717, 1.165) is 19.4 Å². The van der Waals surface area contributed by atoms with Gasteiger partial charge in [-0.3, -0.25) is 9.59 Å². The minimum absolute atomic E-state index is 0.181. The summed E-state index contributed by atoms with van der Waals surface area (Å²) < 4.78 is 0. The summed E-state index contributed by atoms with van der Waals surface area (Å²) in [7, 11) is 0. The van der Waals surface area contributed by atoms with Gasteiger partial charge in [-0.25, -0.2) is 15.0 Å². The molecule has 3 heterocycles. The number of aliphatic hydroxyl groups is 1. The van der Waals surface area contributed by atoms with Crippen LogP contribution in [0, 0.1) is 5.92 Å². The number of nitrogens with one attached hydrogen (secondary N) is 2. The molecule has 1 aliphatic heterocycles. The number of carbonyl (C=O) groups excluding carboxylic acids is 1. The van der Waals surface area contributed by atoms with Crippen LogP contribution >= 0.6 is 0 Å². The van der Waals surface area contributed by atoms with Crippen molar-refractivity contribution >= 4 is 11.7 Å². The lowest BCUT2D eigenvalue weighted by molar-refractivity contribution is 0.0780. The Bertz CT molecular complexity index is 793. The van der Waals surface area contributed by atoms with Crippen molar-refractivity contribution in [3.63, 3.8) is 0 Å². The highest BCUT2D eigenvalue weighted by Gasteiger charge is 2.27. The molecule has 9 heteroatoms. The van der Waals surface area contributed by atoms with Crippen LogP contribution in [-0.2, 0) is 6.61 Å². The number of H-pyrrole nitrogens is 1. The minimum Gasteiger partial charge on any atom is -0.388 e. The van der Waals surface area contributed by atoms with Crippen molar-refractivity contribution in [3.8, 4) is 0 Å². The Morgan fingerprint density at radius 1 is 1.44 bits per heavy atom. The van der Waals surface area contributed by atoms with Crippen LogP contribution in [0.15, 0.2) is 29.5 Å². The second-order valence-electron chi connectivity index (χ2n) is 5.93. The van der Waals surface area contributed by atoms with E-state index in [1.165, 1.54) is 12.4 Å². The van der Waals surface area contributed by atoms with E-state index in [1.54, 1.807) is 17.2 Å². The van der Waals surface area contributed by atoms with Gasteiger partial charge in [-0.15, -0.1) is 0 Å². The predicted octanol–water partition coefficient (Wildman–Crippen LogP) is 0.0165. The zero-order valence-corrected chi connectivity index (χ0v) is 13.7. The monoisotopic (exact) mass is 344 g/mol. The fraction of sp³-hybridized carbons (Fsp3) is 0.438. The maximum Gasteiger partial charge on any atom is 0.272 e. The second-order valence-corrected chi connectivity index (χ2v) is 5.93. The summed E-state index contributed by atoms with van der Waals surface area (Å²) in [6, 6.07) is 2.98. The number of hydrogen-bond donors (Lipinski definition) is 3. The Labute approximate surface area is 144 Å². The summed E-state index contributed by atoms with van der Waals surface area (Å²) in [5, 5.41) is 12.2. The molecule has 1 atom stereocenters. The lowest BCUT2D eigenvalue weighted by Crippen LogP contribution is -2.30. The summed E-state index contributed by atoms with van der Waals surface area (Å²) in [5.41, 5.74) is -0.148. The molecular formula is C16H20N6O3. The van der Waals surface area contributed by atoms with Crippen LogP contribution in [-0.4, -0.2) is 55.5 Å². The van der Waals surface area contributed by atoms with E-state index in [9.17, 15) is 9.59 Å². The summed E-state index contributed by atoms with van der Waals surface area (Å²) in [6.45, 7) is 1.85. The van der Waals surface area contributed by atoms with Gasteiger partial charge < -0.3 is 20.3 Å². The minimum atomic E-state index is -0.328.